The van der Waals surface area contributed by atoms with Crippen LogP contribution in [0.25, 0.3) is 11.0 Å². The van der Waals surface area contributed by atoms with Crippen molar-refractivity contribution in [2.24, 2.45) is 0 Å². The van der Waals surface area contributed by atoms with Crippen molar-refractivity contribution in [2.45, 2.75) is 44.2 Å². The minimum atomic E-state index is 0.271. The van der Waals surface area contributed by atoms with Crippen LogP contribution in [0.5, 0.6) is 5.75 Å². The Bertz CT molecular complexity index is 817. The molecule has 3 aromatic rings. The van der Waals surface area contributed by atoms with Crippen LogP contribution in [0, 0.1) is 6.92 Å². The van der Waals surface area contributed by atoms with Crippen LogP contribution < -0.4 is 4.74 Å². The maximum Gasteiger partial charge on any atom is 0.166 e. The number of ether oxygens (including phenoxy) is 2. The van der Waals surface area contributed by atoms with Gasteiger partial charge < -0.3 is 14.5 Å². The fraction of sp³-hybridized carbons (Fsp3) is 0.400. The van der Waals surface area contributed by atoms with E-state index in [1.807, 2.05) is 37.3 Å². The van der Waals surface area contributed by atoms with E-state index in [2.05, 4.69) is 28.8 Å². The zero-order valence-corrected chi connectivity index (χ0v) is 16.3. The molecule has 3 rings (SSSR count). The van der Waals surface area contributed by atoms with Crippen molar-refractivity contribution in [1.29, 1.82) is 0 Å². The van der Waals surface area contributed by atoms with Crippen LogP contribution >= 0.6 is 11.8 Å². The summed E-state index contributed by atoms with van der Waals surface area (Å²) in [6.07, 6.45) is 3.08. The van der Waals surface area contributed by atoms with Crippen molar-refractivity contribution in [3.63, 3.8) is 0 Å². The minimum absolute atomic E-state index is 0.271. The van der Waals surface area contributed by atoms with Gasteiger partial charge in [-0.15, -0.1) is 0 Å². The summed E-state index contributed by atoms with van der Waals surface area (Å²) in [4.78, 5) is 12.4. The van der Waals surface area contributed by atoms with Crippen LogP contribution in [-0.4, -0.2) is 34.3 Å². The summed E-state index contributed by atoms with van der Waals surface area (Å²) >= 11 is 1.65. The number of pyridine rings is 1. The fourth-order valence-corrected chi connectivity index (χ4v) is 3.42. The Morgan fingerprint density at radius 1 is 1.19 bits per heavy atom. The van der Waals surface area contributed by atoms with E-state index in [1.54, 1.807) is 18.0 Å². The van der Waals surface area contributed by atoms with Gasteiger partial charge in [0.2, 0.25) is 0 Å². The van der Waals surface area contributed by atoms with E-state index in [0.717, 1.165) is 45.4 Å². The van der Waals surface area contributed by atoms with Gasteiger partial charge in [0.05, 0.1) is 29.4 Å². The molecule has 2 heterocycles. The molecular formula is C20H25N3O2S. The zero-order chi connectivity index (χ0) is 18.4. The van der Waals surface area contributed by atoms with Gasteiger partial charge in [0.15, 0.2) is 5.16 Å². The number of H-pyrrole nitrogens is 1. The predicted octanol–water partition coefficient (Wildman–Crippen LogP) is 4.75. The van der Waals surface area contributed by atoms with Crippen LogP contribution in [0.1, 0.15) is 31.5 Å². The molecule has 0 spiro atoms. The first kappa shape index (κ1) is 18.7. The van der Waals surface area contributed by atoms with Gasteiger partial charge in [-0.25, -0.2) is 4.98 Å². The summed E-state index contributed by atoms with van der Waals surface area (Å²) in [5.41, 5.74) is 4.12. The van der Waals surface area contributed by atoms with Crippen LogP contribution in [0.15, 0.2) is 41.7 Å². The third-order valence-electron chi connectivity index (χ3n) is 4.29. The molecule has 1 atom stereocenters. The van der Waals surface area contributed by atoms with Gasteiger partial charge >= 0.3 is 0 Å². The van der Waals surface area contributed by atoms with Crippen molar-refractivity contribution in [3.8, 4) is 5.75 Å². The van der Waals surface area contributed by atoms with Gasteiger partial charge in [0.25, 0.3) is 0 Å². The average molecular weight is 372 g/mol. The van der Waals surface area contributed by atoms with E-state index in [9.17, 15) is 0 Å². The molecule has 0 fully saturated rings. The number of hydrogen-bond donors (Lipinski definition) is 1. The first-order chi connectivity index (χ1) is 12.7. The molecule has 1 aromatic carbocycles. The molecule has 1 N–H and O–H groups in total. The molecule has 0 aliphatic rings. The molecule has 0 saturated carbocycles. The number of rotatable bonds is 9. The first-order valence-electron chi connectivity index (χ1n) is 8.93. The molecule has 26 heavy (non-hydrogen) atoms. The number of nitrogens with zero attached hydrogens (tertiary/aromatic N) is 2. The first-order valence-corrected chi connectivity index (χ1v) is 9.92. The normalized spacial score (nSPS) is 12.4. The van der Waals surface area contributed by atoms with Crippen molar-refractivity contribution in [3.05, 3.63) is 47.8 Å². The van der Waals surface area contributed by atoms with E-state index in [-0.39, 0.29) is 6.10 Å². The average Bonchev–Trinajstić information content (AvgIpc) is 3.08. The molecule has 0 aliphatic heterocycles. The third kappa shape index (κ3) is 4.77. The van der Waals surface area contributed by atoms with Crippen LogP contribution in [-0.2, 0) is 10.5 Å². The minimum Gasteiger partial charge on any atom is -0.491 e. The topological polar surface area (TPSA) is 60.0 Å². The zero-order valence-electron chi connectivity index (χ0n) is 15.5. The van der Waals surface area contributed by atoms with Crippen molar-refractivity contribution in [1.82, 2.24) is 15.0 Å². The van der Waals surface area contributed by atoms with E-state index in [0.29, 0.717) is 13.2 Å². The lowest BCUT2D eigenvalue weighted by molar-refractivity contribution is 0.0425. The smallest absolute Gasteiger partial charge is 0.166 e. The highest BCUT2D eigenvalue weighted by Crippen LogP contribution is 2.26. The summed E-state index contributed by atoms with van der Waals surface area (Å²) < 4.78 is 11.5. The summed E-state index contributed by atoms with van der Waals surface area (Å²) in [5.74, 6) is 1.61. The van der Waals surface area contributed by atoms with E-state index in [1.165, 1.54) is 0 Å². The van der Waals surface area contributed by atoms with Gasteiger partial charge in [-0.3, -0.25) is 4.98 Å². The van der Waals surface area contributed by atoms with Gasteiger partial charge in [-0.05, 0) is 38.5 Å². The third-order valence-corrected chi connectivity index (χ3v) is 5.17. The quantitative estimate of drug-likeness (QED) is 0.434. The second-order valence-corrected chi connectivity index (χ2v) is 7.13. The Morgan fingerprint density at radius 3 is 2.85 bits per heavy atom. The highest BCUT2D eigenvalue weighted by molar-refractivity contribution is 7.98. The van der Waals surface area contributed by atoms with Crippen LogP contribution in [0.3, 0.4) is 0 Å². The van der Waals surface area contributed by atoms with Crippen LogP contribution in [0.2, 0.25) is 0 Å². The standard InChI is InChI=1S/C20H25N3O2S/c1-4-14(2)24-11-12-25-19-9-10-21-18(15(19)3)13-26-20-22-16-7-5-6-8-17(16)23-20/h5-10,14H,4,11-13H2,1-3H3,(H,22,23). The van der Waals surface area contributed by atoms with Gasteiger partial charge in [-0.1, -0.05) is 30.8 Å². The van der Waals surface area contributed by atoms with E-state index < -0.39 is 0 Å². The lowest BCUT2D eigenvalue weighted by Crippen LogP contribution is -2.13. The predicted molar refractivity (Wildman–Crippen MR) is 106 cm³/mol. The molecule has 0 amide bonds. The molecule has 1 unspecified atom stereocenters. The highest BCUT2D eigenvalue weighted by Gasteiger charge is 2.09. The Labute approximate surface area is 158 Å². The molecule has 5 nitrogen and oxygen atoms in total. The molecule has 2 aromatic heterocycles. The molecule has 6 heteroatoms. The maximum atomic E-state index is 5.87. The Hall–Kier alpha value is -2.05. The number of benzene rings is 1. The molecule has 0 aliphatic carbocycles. The molecule has 0 saturated heterocycles. The monoisotopic (exact) mass is 371 g/mol. The van der Waals surface area contributed by atoms with Gasteiger partial charge in [-0.2, -0.15) is 0 Å². The SMILES string of the molecule is CCC(C)OCCOc1ccnc(CSc2nc3ccccc3[nH]2)c1C. The number of para-hydroxylation sites is 2. The lowest BCUT2D eigenvalue weighted by atomic mass is 10.2. The van der Waals surface area contributed by atoms with E-state index in [4.69, 9.17) is 9.47 Å². The Balaban J connectivity index is 1.58. The second-order valence-electron chi connectivity index (χ2n) is 6.17. The summed E-state index contributed by atoms with van der Waals surface area (Å²) in [6.45, 7) is 7.38. The molecule has 138 valence electrons. The highest BCUT2D eigenvalue weighted by atomic mass is 32.2. The van der Waals surface area contributed by atoms with E-state index >= 15 is 0 Å². The van der Waals surface area contributed by atoms with Crippen LogP contribution in [0.4, 0.5) is 0 Å². The Morgan fingerprint density at radius 2 is 2.04 bits per heavy atom. The summed E-state index contributed by atoms with van der Waals surface area (Å²) in [6, 6.07) is 9.96. The number of imidazole rings is 1. The number of fused-ring (bicyclic) bond motifs is 1. The summed E-state index contributed by atoms with van der Waals surface area (Å²) in [7, 11) is 0. The van der Waals surface area contributed by atoms with Crippen molar-refractivity contribution < 1.29 is 9.47 Å². The number of nitrogens with one attached hydrogen (secondary N) is 1. The second kappa shape index (κ2) is 9.05. The number of aromatic amines is 1. The number of aromatic nitrogens is 3. The fourth-order valence-electron chi connectivity index (χ4n) is 2.51. The van der Waals surface area contributed by atoms with Gasteiger partial charge in [0, 0.05) is 17.5 Å². The largest absolute Gasteiger partial charge is 0.491 e. The number of hydrogen-bond acceptors (Lipinski definition) is 5. The van der Waals surface area contributed by atoms with Gasteiger partial charge in [0.1, 0.15) is 12.4 Å². The molecule has 0 radical (unpaired) electrons. The van der Waals surface area contributed by atoms with Crippen molar-refractivity contribution in [2.75, 3.05) is 13.2 Å². The Kier molecular flexibility index (Phi) is 6.52. The molecule has 0 bridgehead atoms. The summed E-state index contributed by atoms with van der Waals surface area (Å²) in [5, 5.41) is 0.903. The van der Waals surface area contributed by atoms with Crippen molar-refractivity contribution >= 4 is 22.8 Å². The lowest BCUT2D eigenvalue weighted by Gasteiger charge is -2.13. The number of thioether (sulfide) groups is 1. The molecular weight excluding hydrogens is 346 g/mol. The maximum absolute atomic E-state index is 5.87.